The third-order valence-electron chi connectivity index (χ3n) is 3.68. The van der Waals surface area contributed by atoms with E-state index in [9.17, 15) is 17.2 Å². The van der Waals surface area contributed by atoms with Gasteiger partial charge in [0.05, 0.1) is 17.2 Å². The van der Waals surface area contributed by atoms with Gasteiger partial charge in [-0.15, -0.1) is 0 Å². The minimum atomic E-state index is -3.45. The standard InChI is InChI=1S/C15H16F2N2O2S/c16-15(17)19-8-7-13(18-19)10-22(20,21)9-12-3-1-2-4-14(12)11-5-6-11/h1-4,7-8,11,15H,5-6,9-10H2. The molecule has 2 aromatic rings. The second-order valence-electron chi connectivity index (χ2n) is 5.57. The van der Waals surface area contributed by atoms with Gasteiger partial charge in [-0.3, -0.25) is 0 Å². The lowest BCUT2D eigenvalue weighted by molar-refractivity contribution is 0.0562. The molecule has 0 bridgehead atoms. The molecule has 22 heavy (non-hydrogen) atoms. The Morgan fingerprint density at radius 3 is 2.55 bits per heavy atom. The average Bonchev–Trinajstić information content (AvgIpc) is 3.18. The summed E-state index contributed by atoms with van der Waals surface area (Å²) in [6, 6.07) is 8.84. The van der Waals surface area contributed by atoms with Crippen LogP contribution < -0.4 is 0 Å². The van der Waals surface area contributed by atoms with Gasteiger partial charge in [0.2, 0.25) is 0 Å². The van der Waals surface area contributed by atoms with Crippen LogP contribution in [0.5, 0.6) is 0 Å². The molecule has 1 aliphatic carbocycles. The summed E-state index contributed by atoms with van der Waals surface area (Å²) < 4.78 is 50.0. The first-order valence-corrected chi connectivity index (χ1v) is 8.87. The number of rotatable bonds is 6. The summed E-state index contributed by atoms with van der Waals surface area (Å²) in [6.45, 7) is -2.76. The highest BCUT2D eigenvalue weighted by atomic mass is 32.2. The van der Waals surface area contributed by atoms with Crippen LogP contribution in [0.3, 0.4) is 0 Å². The van der Waals surface area contributed by atoms with Crippen molar-refractivity contribution in [2.75, 3.05) is 0 Å². The predicted molar refractivity (Wildman–Crippen MR) is 78.2 cm³/mol. The second kappa shape index (κ2) is 5.79. The molecule has 0 saturated heterocycles. The molecule has 4 nitrogen and oxygen atoms in total. The molecule has 1 saturated carbocycles. The molecule has 1 aromatic carbocycles. The first-order valence-electron chi connectivity index (χ1n) is 7.05. The van der Waals surface area contributed by atoms with E-state index in [1.54, 1.807) is 0 Å². The molecule has 0 aliphatic heterocycles. The highest BCUT2D eigenvalue weighted by molar-refractivity contribution is 7.89. The number of benzene rings is 1. The lowest BCUT2D eigenvalue weighted by atomic mass is 10.1. The van der Waals surface area contributed by atoms with Crippen LogP contribution in [0.4, 0.5) is 8.78 Å². The van der Waals surface area contributed by atoms with Crippen LogP contribution in [-0.4, -0.2) is 18.2 Å². The molecule has 0 amide bonds. The Labute approximate surface area is 127 Å². The van der Waals surface area contributed by atoms with Crippen LogP contribution in [-0.2, 0) is 21.3 Å². The Morgan fingerprint density at radius 2 is 1.91 bits per heavy atom. The van der Waals surface area contributed by atoms with Gasteiger partial charge in [0, 0.05) is 6.20 Å². The molecular weight excluding hydrogens is 310 g/mol. The number of aromatic nitrogens is 2. The molecular formula is C15H16F2N2O2S. The number of sulfone groups is 1. The normalized spacial score (nSPS) is 15.4. The number of hydrogen-bond donors (Lipinski definition) is 0. The average molecular weight is 326 g/mol. The molecule has 118 valence electrons. The first kappa shape index (κ1) is 15.1. The van der Waals surface area contributed by atoms with Crippen molar-refractivity contribution in [3.8, 4) is 0 Å². The van der Waals surface area contributed by atoms with Gasteiger partial charge in [0.1, 0.15) is 0 Å². The lowest BCUT2D eigenvalue weighted by Crippen LogP contribution is -2.10. The van der Waals surface area contributed by atoms with Crippen LogP contribution in [0.15, 0.2) is 36.5 Å². The maximum absolute atomic E-state index is 12.5. The van der Waals surface area contributed by atoms with E-state index in [0.29, 0.717) is 10.6 Å². The van der Waals surface area contributed by atoms with Crippen molar-refractivity contribution in [2.45, 2.75) is 36.8 Å². The van der Waals surface area contributed by atoms with Gasteiger partial charge in [-0.25, -0.2) is 13.1 Å². The second-order valence-corrected chi connectivity index (χ2v) is 7.63. The number of alkyl halides is 2. The largest absolute Gasteiger partial charge is 0.333 e. The zero-order valence-corrected chi connectivity index (χ0v) is 12.6. The van der Waals surface area contributed by atoms with Gasteiger partial charge >= 0.3 is 6.55 Å². The van der Waals surface area contributed by atoms with Gasteiger partial charge < -0.3 is 0 Å². The third-order valence-corrected chi connectivity index (χ3v) is 5.17. The van der Waals surface area contributed by atoms with E-state index in [4.69, 9.17) is 0 Å². The predicted octanol–water partition coefficient (Wildman–Crippen LogP) is 3.27. The maximum Gasteiger partial charge on any atom is 0.333 e. The van der Waals surface area contributed by atoms with Gasteiger partial charge in [-0.1, -0.05) is 24.3 Å². The van der Waals surface area contributed by atoms with Crippen LogP contribution in [0, 0.1) is 0 Å². The molecule has 0 spiro atoms. The van der Waals surface area contributed by atoms with Gasteiger partial charge in [-0.05, 0) is 36.0 Å². The zero-order chi connectivity index (χ0) is 15.7. The maximum atomic E-state index is 12.5. The van der Waals surface area contributed by atoms with E-state index in [1.165, 1.54) is 6.07 Å². The van der Waals surface area contributed by atoms with Crippen LogP contribution >= 0.6 is 0 Å². The molecule has 0 N–H and O–H groups in total. The van der Waals surface area contributed by atoms with Crippen LogP contribution in [0.1, 0.15) is 42.1 Å². The Bertz CT molecular complexity index is 767. The van der Waals surface area contributed by atoms with Crippen molar-refractivity contribution in [3.63, 3.8) is 0 Å². The topological polar surface area (TPSA) is 52.0 Å². The molecule has 0 radical (unpaired) electrons. The SMILES string of the molecule is O=S(=O)(Cc1ccn(C(F)F)n1)Cc1ccccc1C1CC1. The summed E-state index contributed by atoms with van der Waals surface area (Å²) in [5, 5.41) is 3.59. The quantitative estimate of drug-likeness (QED) is 0.818. The summed E-state index contributed by atoms with van der Waals surface area (Å²) in [7, 11) is -3.45. The third kappa shape index (κ3) is 3.52. The first-order chi connectivity index (χ1) is 10.4. The van der Waals surface area contributed by atoms with E-state index < -0.39 is 16.4 Å². The van der Waals surface area contributed by atoms with Crippen molar-refractivity contribution in [3.05, 3.63) is 53.3 Å². The molecule has 7 heteroatoms. The Kier molecular flexibility index (Phi) is 3.99. The fraction of sp³-hybridized carbons (Fsp3) is 0.400. The fourth-order valence-electron chi connectivity index (χ4n) is 2.53. The van der Waals surface area contributed by atoms with Gasteiger partial charge in [0.15, 0.2) is 9.84 Å². The van der Waals surface area contributed by atoms with Crippen LogP contribution in [0.2, 0.25) is 0 Å². The summed E-state index contributed by atoms with van der Waals surface area (Å²) in [4.78, 5) is 0. The fourth-order valence-corrected chi connectivity index (χ4v) is 3.98. The van der Waals surface area contributed by atoms with E-state index in [0.717, 1.165) is 30.2 Å². The van der Waals surface area contributed by atoms with Crippen molar-refractivity contribution in [2.24, 2.45) is 0 Å². The van der Waals surface area contributed by atoms with E-state index in [-0.39, 0.29) is 17.2 Å². The monoisotopic (exact) mass is 326 g/mol. The van der Waals surface area contributed by atoms with Gasteiger partial charge in [-0.2, -0.15) is 13.9 Å². The molecule has 1 aliphatic rings. The van der Waals surface area contributed by atoms with E-state index >= 15 is 0 Å². The summed E-state index contributed by atoms with van der Waals surface area (Å²) in [5.74, 6) is 0.0527. The molecule has 3 rings (SSSR count). The van der Waals surface area contributed by atoms with Crippen molar-refractivity contribution in [1.29, 1.82) is 0 Å². The van der Waals surface area contributed by atoms with Gasteiger partial charge in [0.25, 0.3) is 0 Å². The lowest BCUT2D eigenvalue weighted by Gasteiger charge is -2.08. The minimum absolute atomic E-state index is 0.0821. The summed E-state index contributed by atoms with van der Waals surface area (Å²) in [5.41, 5.74) is 2.03. The van der Waals surface area contributed by atoms with E-state index in [1.807, 2.05) is 24.3 Å². The minimum Gasteiger partial charge on any atom is -0.228 e. The molecule has 0 atom stereocenters. The van der Waals surface area contributed by atoms with Crippen molar-refractivity contribution < 1.29 is 17.2 Å². The number of nitrogens with zero attached hydrogens (tertiary/aromatic N) is 2. The Balaban J connectivity index is 1.76. The van der Waals surface area contributed by atoms with Crippen molar-refractivity contribution in [1.82, 2.24) is 9.78 Å². The Morgan fingerprint density at radius 1 is 1.18 bits per heavy atom. The number of halogens is 2. The summed E-state index contributed by atoms with van der Waals surface area (Å²) in [6.07, 6.45) is 3.28. The van der Waals surface area contributed by atoms with E-state index in [2.05, 4.69) is 5.10 Å². The molecule has 1 heterocycles. The Hall–Kier alpha value is -1.76. The summed E-state index contributed by atoms with van der Waals surface area (Å²) >= 11 is 0. The van der Waals surface area contributed by atoms with Crippen molar-refractivity contribution >= 4 is 9.84 Å². The number of hydrogen-bond acceptors (Lipinski definition) is 3. The van der Waals surface area contributed by atoms with Crippen LogP contribution in [0.25, 0.3) is 0 Å². The smallest absolute Gasteiger partial charge is 0.228 e. The molecule has 0 unspecified atom stereocenters. The molecule has 1 fully saturated rings. The molecule has 1 aromatic heterocycles. The highest BCUT2D eigenvalue weighted by Gasteiger charge is 2.27. The zero-order valence-electron chi connectivity index (χ0n) is 11.8. The highest BCUT2D eigenvalue weighted by Crippen LogP contribution is 2.42.